The first kappa shape index (κ1) is 35.9. The highest BCUT2D eigenvalue weighted by Gasteiger charge is 2.22. The molecular weight excluding hydrogens is 773 g/mol. The Kier molecular flexibility index (Phi) is 8.65. The predicted octanol–water partition coefficient (Wildman–Crippen LogP) is 15.3. The van der Waals surface area contributed by atoms with Gasteiger partial charge in [0.15, 0.2) is 5.82 Å². The Bertz CT molecular complexity index is 3500. The first-order valence-corrected chi connectivity index (χ1v) is 21.7. The monoisotopic (exact) mass is 808 g/mol. The van der Waals surface area contributed by atoms with E-state index in [4.69, 9.17) is 15.0 Å². The lowest BCUT2D eigenvalue weighted by molar-refractivity contribution is 1.16. The minimum atomic E-state index is 0.660. The topological polar surface area (TPSA) is 43.6 Å². The molecule has 4 aromatic heterocycles. The fraction of sp³-hybridized carbons (Fsp3) is 0. The van der Waals surface area contributed by atoms with Crippen molar-refractivity contribution in [1.82, 2.24) is 19.5 Å². The van der Waals surface area contributed by atoms with Crippen LogP contribution < -0.4 is 0 Å². The molecule has 0 radical (unpaired) electrons. The highest BCUT2D eigenvalue weighted by Crippen LogP contribution is 2.45. The number of aromatic nitrogens is 4. The summed E-state index contributed by atoms with van der Waals surface area (Å²) in [7, 11) is 0. The Balaban J connectivity index is 1.17. The van der Waals surface area contributed by atoms with Gasteiger partial charge in [0.2, 0.25) is 0 Å². The number of pyridine rings is 1. The molecule has 0 aliphatic heterocycles. The smallest absolute Gasteiger partial charge is 0.160 e. The van der Waals surface area contributed by atoms with Crippen LogP contribution in [0.4, 0.5) is 0 Å². The van der Waals surface area contributed by atoms with E-state index in [9.17, 15) is 0 Å². The SMILES string of the molecule is c1ccc(-c2cc(-c3cc(-c4nc(-c5ccccc5)cc(-c5ccccc5)n4)ccc3-n3c4ccccc4c4c5c(ccc43)sc3ccccc35)cc(-c3ccccc3)n2)cc1. The van der Waals surface area contributed by atoms with Gasteiger partial charge >= 0.3 is 0 Å². The second kappa shape index (κ2) is 14.9. The van der Waals surface area contributed by atoms with Crippen molar-refractivity contribution in [3.8, 4) is 73.2 Å². The molecule has 0 fully saturated rings. The number of benzene rings is 8. The molecule has 0 N–H and O–H groups in total. The van der Waals surface area contributed by atoms with Crippen molar-refractivity contribution in [2.45, 2.75) is 0 Å². The molecule has 0 aliphatic rings. The lowest BCUT2D eigenvalue weighted by Crippen LogP contribution is -2.01. The van der Waals surface area contributed by atoms with Gasteiger partial charge in [-0.25, -0.2) is 15.0 Å². The number of rotatable bonds is 7. The molecule has 12 rings (SSSR count). The van der Waals surface area contributed by atoms with E-state index >= 15 is 0 Å². The van der Waals surface area contributed by atoms with Gasteiger partial charge in [0.25, 0.3) is 0 Å². The molecule has 0 bridgehead atoms. The molecule has 0 atom stereocenters. The van der Waals surface area contributed by atoms with Gasteiger partial charge in [0.05, 0.1) is 39.5 Å². The highest BCUT2D eigenvalue weighted by atomic mass is 32.1. The summed E-state index contributed by atoms with van der Waals surface area (Å²) in [4.78, 5) is 15.9. The van der Waals surface area contributed by atoms with Crippen molar-refractivity contribution in [1.29, 1.82) is 0 Å². The fourth-order valence-corrected chi connectivity index (χ4v) is 10.0. The van der Waals surface area contributed by atoms with Crippen LogP contribution in [0.3, 0.4) is 0 Å². The molecule has 0 aliphatic carbocycles. The lowest BCUT2D eigenvalue weighted by atomic mass is 9.96. The minimum absolute atomic E-state index is 0.660. The van der Waals surface area contributed by atoms with Crippen molar-refractivity contribution < 1.29 is 0 Å². The molecule has 0 saturated heterocycles. The average molecular weight is 809 g/mol. The summed E-state index contributed by atoms with van der Waals surface area (Å²) < 4.78 is 5.04. The maximum atomic E-state index is 5.29. The van der Waals surface area contributed by atoms with Crippen molar-refractivity contribution in [3.63, 3.8) is 0 Å². The molecule has 290 valence electrons. The third-order valence-electron chi connectivity index (χ3n) is 11.8. The van der Waals surface area contributed by atoms with Crippen molar-refractivity contribution >= 4 is 53.3 Å². The third kappa shape index (κ3) is 6.18. The molecule has 5 heteroatoms. The zero-order chi connectivity index (χ0) is 41.0. The van der Waals surface area contributed by atoms with E-state index in [1.807, 2.05) is 23.5 Å². The summed E-state index contributed by atoms with van der Waals surface area (Å²) >= 11 is 1.86. The van der Waals surface area contributed by atoms with Gasteiger partial charge in [0.1, 0.15) is 0 Å². The molecule has 4 heterocycles. The van der Waals surface area contributed by atoms with Crippen LogP contribution in [0.15, 0.2) is 218 Å². The lowest BCUT2D eigenvalue weighted by Gasteiger charge is -2.18. The largest absolute Gasteiger partial charge is 0.309 e. The minimum Gasteiger partial charge on any atom is -0.309 e. The van der Waals surface area contributed by atoms with Crippen LogP contribution in [-0.4, -0.2) is 19.5 Å². The second-order valence-corrected chi connectivity index (χ2v) is 16.7. The summed E-state index contributed by atoms with van der Waals surface area (Å²) in [5, 5.41) is 5.08. The van der Waals surface area contributed by atoms with Crippen LogP contribution in [-0.2, 0) is 0 Å². The fourth-order valence-electron chi connectivity index (χ4n) is 8.92. The van der Waals surface area contributed by atoms with Gasteiger partial charge in [-0.15, -0.1) is 11.3 Å². The molecule has 62 heavy (non-hydrogen) atoms. The molecule has 0 unspecified atom stereocenters. The number of nitrogens with zero attached hydrogens (tertiary/aromatic N) is 4. The number of hydrogen-bond acceptors (Lipinski definition) is 4. The van der Waals surface area contributed by atoms with E-state index in [-0.39, 0.29) is 0 Å². The number of hydrogen-bond donors (Lipinski definition) is 0. The van der Waals surface area contributed by atoms with Crippen LogP contribution in [0.5, 0.6) is 0 Å². The Morgan fingerprint density at radius 1 is 0.323 bits per heavy atom. The molecular formula is C57H36N4S. The van der Waals surface area contributed by atoms with E-state index in [0.29, 0.717) is 5.82 Å². The summed E-state index contributed by atoms with van der Waals surface area (Å²) in [5.41, 5.74) is 14.1. The first-order chi connectivity index (χ1) is 30.7. The van der Waals surface area contributed by atoms with E-state index in [0.717, 1.165) is 78.4 Å². The average Bonchev–Trinajstić information content (AvgIpc) is 3.90. The summed E-state index contributed by atoms with van der Waals surface area (Å²) in [6, 6.07) is 77.2. The summed E-state index contributed by atoms with van der Waals surface area (Å²) in [5.74, 6) is 0.660. The normalized spacial score (nSPS) is 11.5. The van der Waals surface area contributed by atoms with Gasteiger partial charge in [-0.05, 0) is 66.2 Å². The zero-order valence-electron chi connectivity index (χ0n) is 33.5. The Hall–Kier alpha value is -7.99. The third-order valence-corrected chi connectivity index (χ3v) is 12.9. The summed E-state index contributed by atoms with van der Waals surface area (Å²) in [6.07, 6.45) is 0. The van der Waals surface area contributed by atoms with Gasteiger partial charge in [-0.3, -0.25) is 0 Å². The molecule has 8 aromatic carbocycles. The van der Waals surface area contributed by atoms with Crippen molar-refractivity contribution in [3.05, 3.63) is 218 Å². The van der Waals surface area contributed by atoms with Crippen LogP contribution >= 0.6 is 11.3 Å². The standard InChI is InChI=1S/C57H36N4S/c1-5-17-37(18-6-1)46-34-42(35-47(58-46)38-19-7-2-8-20-38)45-33-41(57-59-48(39-21-9-3-10-22-39)36-49(60-57)40-23-11-4-12-24-40)29-30-51(45)61-50-27-15-13-25-43(50)55-52(61)31-32-54-56(55)44-26-14-16-28-53(44)62-54/h1-36H. The maximum absolute atomic E-state index is 5.29. The Labute approximate surface area is 362 Å². The van der Waals surface area contributed by atoms with E-state index in [1.54, 1.807) is 0 Å². The highest BCUT2D eigenvalue weighted by molar-refractivity contribution is 7.26. The van der Waals surface area contributed by atoms with Crippen LogP contribution in [0, 0.1) is 0 Å². The number of thiophene rings is 1. The number of fused-ring (bicyclic) bond motifs is 7. The molecule has 12 aromatic rings. The first-order valence-electron chi connectivity index (χ1n) is 20.8. The Morgan fingerprint density at radius 3 is 1.44 bits per heavy atom. The molecule has 4 nitrogen and oxygen atoms in total. The number of para-hydroxylation sites is 1. The molecule has 0 saturated carbocycles. The zero-order valence-corrected chi connectivity index (χ0v) is 34.3. The van der Waals surface area contributed by atoms with Crippen LogP contribution in [0.1, 0.15) is 0 Å². The van der Waals surface area contributed by atoms with Gasteiger partial charge in [0, 0.05) is 64.3 Å². The molecule has 0 amide bonds. The van der Waals surface area contributed by atoms with Crippen LogP contribution in [0.2, 0.25) is 0 Å². The quantitative estimate of drug-likeness (QED) is 0.161. The maximum Gasteiger partial charge on any atom is 0.160 e. The van der Waals surface area contributed by atoms with Gasteiger partial charge < -0.3 is 4.57 Å². The van der Waals surface area contributed by atoms with Gasteiger partial charge in [-0.1, -0.05) is 158 Å². The van der Waals surface area contributed by atoms with Crippen molar-refractivity contribution in [2.24, 2.45) is 0 Å². The second-order valence-electron chi connectivity index (χ2n) is 15.6. The molecule has 0 spiro atoms. The van der Waals surface area contributed by atoms with E-state index in [1.165, 1.54) is 30.9 Å². The summed E-state index contributed by atoms with van der Waals surface area (Å²) in [6.45, 7) is 0. The Morgan fingerprint density at radius 2 is 0.839 bits per heavy atom. The van der Waals surface area contributed by atoms with Crippen molar-refractivity contribution in [2.75, 3.05) is 0 Å². The predicted molar refractivity (Wildman–Crippen MR) is 260 cm³/mol. The van der Waals surface area contributed by atoms with Crippen LogP contribution in [0.25, 0.3) is 115 Å². The van der Waals surface area contributed by atoms with E-state index in [2.05, 4.69) is 211 Å². The van der Waals surface area contributed by atoms with Gasteiger partial charge in [-0.2, -0.15) is 0 Å². The van der Waals surface area contributed by atoms with E-state index < -0.39 is 0 Å².